The highest BCUT2D eigenvalue weighted by molar-refractivity contribution is 7.89. The van der Waals surface area contributed by atoms with Gasteiger partial charge in [0.1, 0.15) is 0 Å². The van der Waals surface area contributed by atoms with Crippen LogP contribution in [0.3, 0.4) is 0 Å². The van der Waals surface area contributed by atoms with Gasteiger partial charge in [-0.25, -0.2) is 13.1 Å². The summed E-state index contributed by atoms with van der Waals surface area (Å²) in [4.78, 5) is 0. The van der Waals surface area contributed by atoms with Crippen molar-refractivity contribution >= 4 is 10.0 Å². The number of hydrogen-bond acceptors (Lipinski definition) is 5. The summed E-state index contributed by atoms with van der Waals surface area (Å²) in [5.41, 5.74) is 1.41. The van der Waals surface area contributed by atoms with Gasteiger partial charge in [-0.15, -0.1) is 0 Å². The molecule has 0 aliphatic heterocycles. The van der Waals surface area contributed by atoms with Gasteiger partial charge >= 0.3 is 0 Å². The Morgan fingerprint density at radius 1 is 1.35 bits per heavy atom. The highest BCUT2D eigenvalue weighted by Gasteiger charge is 2.20. The molecule has 0 radical (unpaired) electrons. The minimum absolute atomic E-state index is 0.0994. The number of aryl methyl sites for hydroxylation is 1. The largest absolute Gasteiger partial charge is 0.313 e. The van der Waals surface area contributed by atoms with Crippen molar-refractivity contribution in [1.29, 1.82) is 0 Å². The quantitative estimate of drug-likeness (QED) is 0.653. The molecule has 0 aliphatic carbocycles. The normalized spacial score (nSPS) is 11.9. The molecule has 2 rings (SSSR count). The van der Waals surface area contributed by atoms with Crippen LogP contribution in [0.1, 0.15) is 18.1 Å². The van der Waals surface area contributed by atoms with Crippen molar-refractivity contribution in [2.75, 3.05) is 6.54 Å². The highest BCUT2D eigenvalue weighted by atomic mass is 32.2. The van der Waals surface area contributed by atoms with E-state index in [-0.39, 0.29) is 11.6 Å². The number of aromatic amines is 1. The standard InChI is InChI=1S/C11H18N6O2S/c1-3-12-6-10-7-13-16-11(10)20(18,19)15-5-9-4-14-17(2)8-9/h4,7-8,12,15H,3,5-6H2,1-2H3,(H,13,16). The van der Waals surface area contributed by atoms with Crippen LogP contribution in [0.5, 0.6) is 0 Å². The van der Waals surface area contributed by atoms with E-state index < -0.39 is 10.0 Å². The second kappa shape index (κ2) is 6.16. The van der Waals surface area contributed by atoms with E-state index in [1.54, 1.807) is 24.1 Å². The van der Waals surface area contributed by atoms with Gasteiger partial charge in [0.25, 0.3) is 10.0 Å². The van der Waals surface area contributed by atoms with Crippen LogP contribution >= 0.6 is 0 Å². The number of aromatic nitrogens is 4. The van der Waals surface area contributed by atoms with Crippen molar-refractivity contribution < 1.29 is 8.42 Å². The highest BCUT2D eigenvalue weighted by Crippen LogP contribution is 2.12. The summed E-state index contributed by atoms with van der Waals surface area (Å²) in [6, 6.07) is 0. The molecule has 0 atom stereocenters. The third-order valence-electron chi connectivity index (χ3n) is 2.74. The minimum atomic E-state index is -3.61. The molecular formula is C11H18N6O2S. The number of nitrogens with one attached hydrogen (secondary N) is 3. The first-order chi connectivity index (χ1) is 9.53. The summed E-state index contributed by atoms with van der Waals surface area (Å²) in [6.07, 6.45) is 4.89. The predicted octanol–water partition coefficient (Wildman–Crippen LogP) is -0.269. The van der Waals surface area contributed by atoms with E-state index in [0.717, 1.165) is 12.1 Å². The summed E-state index contributed by atoms with van der Waals surface area (Å²) < 4.78 is 28.6. The zero-order valence-corrected chi connectivity index (χ0v) is 12.2. The maximum absolute atomic E-state index is 12.2. The molecule has 2 aromatic rings. The fraction of sp³-hybridized carbons (Fsp3) is 0.455. The molecule has 9 heteroatoms. The number of sulfonamides is 1. The Morgan fingerprint density at radius 3 is 2.80 bits per heavy atom. The van der Waals surface area contributed by atoms with E-state index in [4.69, 9.17) is 0 Å². The summed E-state index contributed by atoms with van der Waals surface area (Å²) in [5.74, 6) is 0. The molecule has 20 heavy (non-hydrogen) atoms. The fourth-order valence-corrected chi connectivity index (χ4v) is 2.88. The van der Waals surface area contributed by atoms with Gasteiger partial charge in [0, 0.05) is 37.5 Å². The molecule has 8 nitrogen and oxygen atoms in total. The van der Waals surface area contributed by atoms with E-state index in [1.165, 1.54) is 6.20 Å². The lowest BCUT2D eigenvalue weighted by Gasteiger charge is -2.06. The molecule has 110 valence electrons. The molecule has 0 bridgehead atoms. The third kappa shape index (κ3) is 3.44. The monoisotopic (exact) mass is 298 g/mol. The van der Waals surface area contributed by atoms with Crippen LogP contribution in [-0.2, 0) is 30.2 Å². The molecule has 0 unspecified atom stereocenters. The molecular weight excluding hydrogens is 280 g/mol. The lowest BCUT2D eigenvalue weighted by atomic mass is 10.3. The maximum atomic E-state index is 12.2. The van der Waals surface area contributed by atoms with Gasteiger partial charge in [-0.2, -0.15) is 10.2 Å². The smallest absolute Gasteiger partial charge is 0.258 e. The average Bonchev–Trinajstić information content (AvgIpc) is 3.03. The number of H-pyrrole nitrogens is 1. The van der Waals surface area contributed by atoms with Crippen molar-refractivity contribution in [2.24, 2.45) is 7.05 Å². The third-order valence-corrected chi connectivity index (χ3v) is 4.15. The van der Waals surface area contributed by atoms with E-state index in [0.29, 0.717) is 12.1 Å². The Hall–Kier alpha value is -1.71. The van der Waals surface area contributed by atoms with E-state index in [1.807, 2.05) is 6.92 Å². The zero-order chi connectivity index (χ0) is 14.6. The van der Waals surface area contributed by atoms with Gasteiger partial charge in [-0.3, -0.25) is 9.78 Å². The van der Waals surface area contributed by atoms with Gasteiger partial charge in [-0.1, -0.05) is 6.92 Å². The summed E-state index contributed by atoms with van der Waals surface area (Å²) in [7, 11) is -1.83. The summed E-state index contributed by atoms with van der Waals surface area (Å²) >= 11 is 0. The number of nitrogens with zero attached hydrogens (tertiary/aromatic N) is 3. The average molecular weight is 298 g/mol. The lowest BCUT2D eigenvalue weighted by molar-refractivity contribution is 0.574. The molecule has 0 saturated carbocycles. The first-order valence-electron chi connectivity index (χ1n) is 6.23. The summed E-state index contributed by atoms with van der Waals surface area (Å²) in [6.45, 7) is 3.36. The molecule has 0 amide bonds. The molecule has 0 aliphatic rings. The molecule has 0 spiro atoms. The second-order valence-corrected chi connectivity index (χ2v) is 6.06. The van der Waals surface area contributed by atoms with E-state index in [9.17, 15) is 8.42 Å². The van der Waals surface area contributed by atoms with Gasteiger partial charge in [0.2, 0.25) is 0 Å². The Balaban J connectivity index is 2.08. The Kier molecular flexibility index (Phi) is 4.53. The SMILES string of the molecule is CCNCc1cn[nH]c1S(=O)(=O)NCc1cnn(C)c1. The number of rotatable bonds is 7. The van der Waals surface area contributed by atoms with Crippen molar-refractivity contribution in [1.82, 2.24) is 30.0 Å². The first kappa shape index (κ1) is 14.7. The summed E-state index contributed by atoms with van der Waals surface area (Å²) in [5, 5.41) is 13.5. The van der Waals surface area contributed by atoms with Crippen molar-refractivity contribution in [2.45, 2.75) is 25.0 Å². The van der Waals surface area contributed by atoms with Crippen LogP contribution in [0.2, 0.25) is 0 Å². The van der Waals surface area contributed by atoms with Crippen molar-refractivity contribution in [3.05, 3.63) is 29.7 Å². The lowest BCUT2D eigenvalue weighted by Crippen LogP contribution is -2.25. The number of hydrogen-bond donors (Lipinski definition) is 3. The molecule has 2 aromatic heterocycles. The Bertz CT molecular complexity index is 660. The zero-order valence-electron chi connectivity index (χ0n) is 11.4. The van der Waals surface area contributed by atoms with Crippen LogP contribution < -0.4 is 10.0 Å². The van der Waals surface area contributed by atoms with Gasteiger partial charge in [0.15, 0.2) is 5.03 Å². The molecule has 2 heterocycles. The first-order valence-corrected chi connectivity index (χ1v) is 7.71. The van der Waals surface area contributed by atoms with Crippen LogP contribution in [0.25, 0.3) is 0 Å². The second-order valence-electron chi connectivity index (χ2n) is 4.35. The molecule has 0 aromatic carbocycles. The van der Waals surface area contributed by atoms with Crippen molar-refractivity contribution in [3.8, 4) is 0 Å². The van der Waals surface area contributed by atoms with Crippen LogP contribution in [0.4, 0.5) is 0 Å². The van der Waals surface area contributed by atoms with Gasteiger partial charge in [-0.05, 0) is 6.54 Å². The van der Waals surface area contributed by atoms with Gasteiger partial charge < -0.3 is 5.32 Å². The molecule has 0 saturated heterocycles. The Morgan fingerprint density at radius 2 is 2.15 bits per heavy atom. The van der Waals surface area contributed by atoms with E-state index in [2.05, 4.69) is 25.3 Å². The van der Waals surface area contributed by atoms with Gasteiger partial charge in [0.05, 0.1) is 12.4 Å². The van der Waals surface area contributed by atoms with E-state index >= 15 is 0 Å². The van der Waals surface area contributed by atoms with Crippen molar-refractivity contribution in [3.63, 3.8) is 0 Å². The van der Waals surface area contributed by atoms with Crippen LogP contribution in [0.15, 0.2) is 23.6 Å². The predicted molar refractivity (Wildman–Crippen MR) is 73.2 cm³/mol. The topological polar surface area (TPSA) is 105 Å². The van der Waals surface area contributed by atoms with Crippen LogP contribution in [-0.4, -0.2) is 34.9 Å². The fourth-order valence-electron chi connectivity index (χ4n) is 1.73. The molecule has 0 fully saturated rings. The Labute approximate surface area is 117 Å². The minimum Gasteiger partial charge on any atom is -0.313 e. The molecule has 3 N–H and O–H groups in total. The van der Waals surface area contributed by atoms with Crippen LogP contribution in [0, 0.1) is 0 Å². The maximum Gasteiger partial charge on any atom is 0.258 e.